The van der Waals surface area contributed by atoms with E-state index in [1.165, 1.54) is 115 Å². The molecule has 264 valence electrons. The summed E-state index contributed by atoms with van der Waals surface area (Å²) in [7, 11) is 1.46. The highest BCUT2D eigenvalue weighted by Crippen LogP contribution is 2.14. The predicted molar refractivity (Wildman–Crippen MR) is 201 cm³/mol. The summed E-state index contributed by atoms with van der Waals surface area (Å²) >= 11 is 0. The average molecular weight is 649 g/mol. The number of hydrogen-bond acceptors (Lipinski definition) is 3. The van der Waals surface area contributed by atoms with Gasteiger partial charge in [0.05, 0.1) is 7.11 Å². The summed E-state index contributed by atoms with van der Waals surface area (Å²) < 4.78 is 4.67. The number of benzene rings is 1. The third-order valence-electron chi connectivity index (χ3n) is 8.62. The molecule has 0 aliphatic heterocycles. The van der Waals surface area contributed by atoms with Crippen molar-refractivity contribution in [1.29, 1.82) is 0 Å². The van der Waals surface area contributed by atoms with Crippen LogP contribution in [0.25, 0.3) is 0 Å². The highest BCUT2D eigenvalue weighted by atomic mass is 16.5. The van der Waals surface area contributed by atoms with Gasteiger partial charge in [-0.2, -0.15) is 0 Å². The first-order valence-corrected chi connectivity index (χ1v) is 19.1. The quantitative estimate of drug-likeness (QED) is 0.0480. The van der Waals surface area contributed by atoms with Crippen LogP contribution in [0.4, 0.5) is 0 Å². The lowest BCUT2D eigenvalue weighted by Crippen LogP contribution is -1.98. The summed E-state index contributed by atoms with van der Waals surface area (Å²) in [6.45, 7) is 0. The zero-order chi connectivity index (χ0) is 33.9. The van der Waals surface area contributed by atoms with Crippen LogP contribution in [0.15, 0.2) is 72.9 Å². The highest BCUT2D eigenvalue weighted by molar-refractivity contribution is 5.69. The van der Waals surface area contributed by atoms with Gasteiger partial charge in [-0.3, -0.25) is 9.59 Å². The van der Waals surface area contributed by atoms with E-state index in [4.69, 9.17) is 5.11 Å². The second-order valence-electron chi connectivity index (χ2n) is 13.0. The molecule has 0 aliphatic carbocycles. The maximum Gasteiger partial charge on any atom is 0.305 e. The monoisotopic (exact) mass is 649 g/mol. The van der Waals surface area contributed by atoms with Gasteiger partial charge in [0, 0.05) is 12.8 Å². The molecule has 4 nitrogen and oxygen atoms in total. The van der Waals surface area contributed by atoms with Crippen LogP contribution in [0.3, 0.4) is 0 Å². The molecule has 1 aromatic carbocycles. The molecule has 0 saturated carbocycles. The minimum Gasteiger partial charge on any atom is -0.481 e. The molecule has 0 spiro atoms. The van der Waals surface area contributed by atoms with Crippen LogP contribution in [0.2, 0.25) is 0 Å². The Bertz CT molecular complexity index is 1000. The minimum absolute atomic E-state index is 0.0893. The molecule has 1 aromatic rings. The van der Waals surface area contributed by atoms with Gasteiger partial charge in [-0.15, -0.1) is 0 Å². The number of aryl methyl sites for hydroxylation is 2. The van der Waals surface area contributed by atoms with Crippen molar-refractivity contribution in [1.82, 2.24) is 0 Å². The van der Waals surface area contributed by atoms with E-state index in [1.807, 2.05) is 0 Å². The zero-order valence-electron chi connectivity index (χ0n) is 30.0. The lowest BCUT2D eigenvalue weighted by molar-refractivity contribution is -0.141. The van der Waals surface area contributed by atoms with E-state index >= 15 is 0 Å². The smallest absolute Gasteiger partial charge is 0.305 e. The van der Waals surface area contributed by atoms with Crippen LogP contribution in [-0.2, 0) is 27.2 Å². The van der Waals surface area contributed by atoms with Gasteiger partial charge in [0.2, 0.25) is 0 Å². The molecular weight excluding hydrogens is 580 g/mol. The van der Waals surface area contributed by atoms with E-state index in [9.17, 15) is 9.59 Å². The average Bonchev–Trinajstić information content (AvgIpc) is 3.07. The number of rotatable bonds is 32. The van der Waals surface area contributed by atoms with Crippen molar-refractivity contribution in [3.8, 4) is 0 Å². The Morgan fingerprint density at radius 2 is 0.915 bits per heavy atom. The van der Waals surface area contributed by atoms with E-state index in [1.54, 1.807) is 0 Å². The number of esters is 1. The van der Waals surface area contributed by atoms with Gasteiger partial charge in [-0.25, -0.2) is 0 Å². The summed E-state index contributed by atoms with van der Waals surface area (Å²) in [5, 5.41) is 8.65. The lowest BCUT2D eigenvalue weighted by Gasteiger charge is -2.06. The summed E-state index contributed by atoms with van der Waals surface area (Å²) in [6.07, 6.45) is 47.3. The van der Waals surface area contributed by atoms with Crippen LogP contribution in [-0.4, -0.2) is 24.2 Å². The molecule has 0 aliphatic rings. The van der Waals surface area contributed by atoms with Gasteiger partial charge in [0.25, 0.3) is 0 Å². The van der Waals surface area contributed by atoms with Gasteiger partial charge in [0.15, 0.2) is 0 Å². The molecule has 47 heavy (non-hydrogen) atoms. The molecule has 1 rings (SSSR count). The maximum atomic E-state index is 11.1. The molecule has 0 saturated heterocycles. The Morgan fingerprint density at radius 1 is 0.532 bits per heavy atom. The third-order valence-corrected chi connectivity index (χ3v) is 8.62. The van der Waals surface area contributed by atoms with Gasteiger partial charge in [0.1, 0.15) is 0 Å². The number of methoxy groups -OCH3 is 1. The van der Waals surface area contributed by atoms with E-state index in [-0.39, 0.29) is 5.97 Å². The van der Waals surface area contributed by atoms with Crippen molar-refractivity contribution in [3.63, 3.8) is 0 Å². The molecule has 4 heteroatoms. The number of aliphatic carboxylic acids is 1. The molecule has 0 fully saturated rings. The standard InChI is InChI=1S/C43H68O4/c1-47-43(46)38-31-27-23-19-15-11-7-3-5-9-13-17-21-25-29-34-41-36-32-35-40(39-41)33-28-24-20-16-12-8-4-2-6-10-14-18-22-26-30-37-42(44)45/h2-3,6-9,12-13,32,35-36,39H,4-5,10-11,14-31,33-34,37-38H2,1H3,(H,44,45). The Balaban J connectivity index is 1.94. The number of carbonyl (C=O) groups excluding carboxylic acids is 1. The number of allylic oxidation sites excluding steroid dienone is 8. The van der Waals surface area contributed by atoms with Crippen LogP contribution >= 0.6 is 0 Å². The van der Waals surface area contributed by atoms with Gasteiger partial charge in [-0.05, 0) is 114 Å². The summed E-state index contributed by atoms with van der Waals surface area (Å²) in [4.78, 5) is 21.6. The lowest BCUT2D eigenvalue weighted by atomic mass is 10.0. The van der Waals surface area contributed by atoms with Crippen LogP contribution in [0, 0.1) is 0 Å². The Morgan fingerprint density at radius 3 is 1.34 bits per heavy atom. The second kappa shape index (κ2) is 33.0. The topological polar surface area (TPSA) is 63.6 Å². The van der Waals surface area contributed by atoms with Crippen LogP contribution in [0.1, 0.15) is 165 Å². The number of ether oxygens (including phenoxy) is 1. The van der Waals surface area contributed by atoms with Crippen molar-refractivity contribution in [2.45, 2.75) is 167 Å². The first kappa shape index (κ1) is 42.1. The fraction of sp³-hybridized carbons (Fsp3) is 0.628. The molecule has 0 heterocycles. The number of carboxylic acids is 1. The van der Waals surface area contributed by atoms with Crippen molar-refractivity contribution in [2.24, 2.45) is 0 Å². The Labute approximate surface area is 288 Å². The fourth-order valence-electron chi connectivity index (χ4n) is 5.72. The van der Waals surface area contributed by atoms with E-state index < -0.39 is 5.97 Å². The normalized spacial score (nSPS) is 11.9. The number of unbranched alkanes of at least 4 members (excludes halogenated alkanes) is 16. The second-order valence-corrected chi connectivity index (χ2v) is 13.0. The number of carbonyl (C=O) groups is 2. The molecular formula is C43H68O4. The first-order chi connectivity index (χ1) is 23.1. The van der Waals surface area contributed by atoms with E-state index in [2.05, 4.69) is 77.6 Å². The van der Waals surface area contributed by atoms with Gasteiger partial charge < -0.3 is 9.84 Å². The molecule has 0 atom stereocenters. The van der Waals surface area contributed by atoms with Crippen LogP contribution in [0.5, 0.6) is 0 Å². The molecule has 0 bridgehead atoms. The van der Waals surface area contributed by atoms with Crippen LogP contribution < -0.4 is 0 Å². The van der Waals surface area contributed by atoms with Gasteiger partial charge in [-0.1, -0.05) is 124 Å². The predicted octanol–water partition coefficient (Wildman–Crippen LogP) is 12.6. The fourth-order valence-corrected chi connectivity index (χ4v) is 5.72. The number of carboxylic acid groups (broad SMARTS) is 1. The summed E-state index contributed by atoms with van der Waals surface area (Å²) in [5.74, 6) is -0.765. The highest BCUT2D eigenvalue weighted by Gasteiger charge is 2.00. The van der Waals surface area contributed by atoms with Crippen molar-refractivity contribution >= 4 is 11.9 Å². The summed E-state index contributed by atoms with van der Waals surface area (Å²) in [6, 6.07) is 9.27. The molecule has 0 aromatic heterocycles. The number of hydrogen-bond donors (Lipinski definition) is 1. The van der Waals surface area contributed by atoms with Crippen molar-refractivity contribution in [2.75, 3.05) is 7.11 Å². The molecule has 1 N–H and O–H groups in total. The zero-order valence-corrected chi connectivity index (χ0v) is 30.0. The largest absolute Gasteiger partial charge is 0.481 e. The van der Waals surface area contributed by atoms with Crippen molar-refractivity contribution in [3.05, 3.63) is 84.0 Å². The van der Waals surface area contributed by atoms with E-state index in [0.29, 0.717) is 12.8 Å². The SMILES string of the molecule is COC(=O)CCCCCCCC=CCC=CCCCCCc1cccc(CCCCCC=CCC=CCCCCCCCC(=O)O)c1. The first-order valence-electron chi connectivity index (χ1n) is 19.1. The Hall–Kier alpha value is -2.88. The minimum atomic E-state index is -0.676. The van der Waals surface area contributed by atoms with Gasteiger partial charge >= 0.3 is 11.9 Å². The molecule has 0 amide bonds. The van der Waals surface area contributed by atoms with E-state index in [0.717, 1.165) is 57.8 Å². The Kier molecular flexibility index (Phi) is 29.6. The third kappa shape index (κ3) is 30.2. The molecule has 0 radical (unpaired) electrons. The molecule has 0 unspecified atom stereocenters. The summed E-state index contributed by atoms with van der Waals surface area (Å²) in [5.41, 5.74) is 2.99. The van der Waals surface area contributed by atoms with Crippen molar-refractivity contribution < 1.29 is 19.4 Å². The maximum absolute atomic E-state index is 11.1.